The van der Waals surface area contributed by atoms with Crippen LogP contribution in [-0.4, -0.2) is 43.9 Å². The van der Waals surface area contributed by atoms with Crippen LogP contribution >= 0.6 is 0 Å². The van der Waals surface area contributed by atoms with Crippen LogP contribution < -0.4 is 10.5 Å². The SMILES string of the molecule is COc1ccc(C(N)CN2C[C@@H](C)O[C@@H](C)C2)cc1. The molecule has 1 aliphatic heterocycles. The quantitative estimate of drug-likeness (QED) is 0.901. The summed E-state index contributed by atoms with van der Waals surface area (Å²) in [5.41, 5.74) is 7.43. The summed E-state index contributed by atoms with van der Waals surface area (Å²) in [6.45, 7) is 7.00. The Bertz CT molecular complexity index is 384. The predicted molar refractivity (Wildman–Crippen MR) is 76.4 cm³/mol. The first-order chi connectivity index (χ1) is 9.08. The van der Waals surface area contributed by atoms with Gasteiger partial charge in [-0.3, -0.25) is 4.90 Å². The van der Waals surface area contributed by atoms with E-state index in [1.165, 1.54) is 0 Å². The summed E-state index contributed by atoms with van der Waals surface area (Å²) in [6, 6.07) is 8.02. The number of morpholine rings is 1. The van der Waals surface area contributed by atoms with Crippen LogP contribution in [0.4, 0.5) is 0 Å². The van der Waals surface area contributed by atoms with E-state index in [1.807, 2.05) is 24.3 Å². The van der Waals surface area contributed by atoms with Gasteiger partial charge in [0.05, 0.1) is 19.3 Å². The minimum atomic E-state index is 0.0309. The first kappa shape index (κ1) is 14.3. The first-order valence-corrected chi connectivity index (χ1v) is 6.86. The van der Waals surface area contributed by atoms with Gasteiger partial charge in [0.1, 0.15) is 5.75 Å². The molecular formula is C15H24N2O2. The molecule has 19 heavy (non-hydrogen) atoms. The van der Waals surface area contributed by atoms with Crippen molar-refractivity contribution in [1.29, 1.82) is 0 Å². The molecule has 1 saturated heterocycles. The van der Waals surface area contributed by atoms with Crippen LogP contribution in [0, 0.1) is 0 Å². The highest BCUT2D eigenvalue weighted by atomic mass is 16.5. The van der Waals surface area contributed by atoms with Gasteiger partial charge in [-0.15, -0.1) is 0 Å². The number of benzene rings is 1. The van der Waals surface area contributed by atoms with Gasteiger partial charge in [-0.2, -0.15) is 0 Å². The van der Waals surface area contributed by atoms with Crippen molar-refractivity contribution in [2.75, 3.05) is 26.7 Å². The number of hydrogen-bond donors (Lipinski definition) is 1. The topological polar surface area (TPSA) is 47.7 Å². The fraction of sp³-hybridized carbons (Fsp3) is 0.600. The molecule has 1 fully saturated rings. The maximum Gasteiger partial charge on any atom is 0.118 e. The molecule has 1 aromatic rings. The Morgan fingerprint density at radius 3 is 2.37 bits per heavy atom. The van der Waals surface area contributed by atoms with E-state index in [2.05, 4.69) is 18.7 Å². The third kappa shape index (κ3) is 3.93. The van der Waals surface area contributed by atoms with E-state index in [1.54, 1.807) is 7.11 Å². The Hall–Kier alpha value is -1.10. The summed E-state index contributed by atoms with van der Waals surface area (Å²) >= 11 is 0. The molecule has 1 heterocycles. The molecule has 4 nitrogen and oxygen atoms in total. The lowest BCUT2D eigenvalue weighted by Crippen LogP contribution is -2.47. The maximum atomic E-state index is 6.28. The maximum absolute atomic E-state index is 6.28. The molecular weight excluding hydrogens is 240 g/mol. The number of rotatable bonds is 4. The largest absolute Gasteiger partial charge is 0.497 e. The molecule has 2 rings (SSSR count). The minimum absolute atomic E-state index is 0.0309. The number of hydrogen-bond acceptors (Lipinski definition) is 4. The van der Waals surface area contributed by atoms with Gasteiger partial charge in [0.2, 0.25) is 0 Å². The smallest absolute Gasteiger partial charge is 0.118 e. The van der Waals surface area contributed by atoms with Gasteiger partial charge < -0.3 is 15.2 Å². The van der Waals surface area contributed by atoms with Crippen LogP contribution in [-0.2, 0) is 4.74 Å². The highest BCUT2D eigenvalue weighted by molar-refractivity contribution is 5.29. The molecule has 3 atom stereocenters. The third-order valence-corrected chi connectivity index (χ3v) is 3.49. The second-order valence-electron chi connectivity index (χ2n) is 5.36. The normalized spacial score (nSPS) is 26.1. The Labute approximate surface area is 115 Å². The highest BCUT2D eigenvalue weighted by Gasteiger charge is 2.23. The minimum Gasteiger partial charge on any atom is -0.497 e. The fourth-order valence-electron chi connectivity index (χ4n) is 2.67. The van der Waals surface area contributed by atoms with E-state index in [0.29, 0.717) is 0 Å². The number of ether oxygens (including phenoxy) is 2. The van der Waals surface area contributed by atoms with E-state index in [-0.39, 0.29) is 18.2 Å². The summed E-state index contributed by atoms with van der Waals surface area (Å²) < 4.78 is 10.9. The van der Waals surface area contributed by atoms with Crippen LogP contribution in [0.15, 0.2) is 24.3 Å². The van der Waals surface area contributed by atoms with Crippen molar-refractivity contribution in [3.05, 3.63) is 29.8 Å². The molecule has 106 valence electrons. The number of methoxy groups -OCH3 is 1. The van der Waals surface area contributed by atoms with Gasteiger partial charge in [0.15, 0.2) is 0 Å². The van der Waals surface area contributed by atoms with Crippen molar-refractivity contribution in [3.63, 3.8) is 0 Å². The molecule has 0 bridgehead atoms. The summed E-state index contributed by atoms with van der Waals surface area (Å²) in [4.78, 5) is 2.38. The monoisotopic (exact) mass is 264 g/mol. The van der Waals surface area contributed by atoms with E-state index in [9.17, 15) is 0 Å². The van der Waals surface area contributed by atoms with Crippen LogP contribution in [0.3, 0.4) is 0 Å². The van der Waals surface area contributed by atoms with Crippen molar-refractivity contribution in [2.24, 2.45) is 5.73 Å². The zero-order valence-corrected chi connectivity index (χ0v) is 12.0. The van der Waals surface area contributed by atoms with Crippen molar-refractivity contribution in [2.45, 2.75) is 32.1 Å². The average molecular weight is 264 g/mol. The zero-order chi connectivity index (χ0) is 13.8. The van der Waals surface area contributed by atoms with E-state index < -0.39 is 0 Å². The lowest BCUT2D eigenvalue weighted by molar-refractivity contribution is -0.0691. The van der Waals surface area contributed by atoms with E-state index in [0.717, 1.165) is 30.9 Å². The Morgan fingerprint density at radius 1 is 1.26 bits per heavy atom. The zero-order valence-electron chi connectivity index (χ0n) is 12.0. The van der Waals surface area contributed by atoms with Crippen LogP contribution in [0.2, 0.25) is 0 Å². The summed E-state index contributed by atoms with van der Waals surface area (Å²) in [6.07, 6.45) is 0.568. The summed E-state index contributed by atoms with van der Waals surface area (Å²) in [5, 5.41) is 0. The molecule has 0 saturated carbocycles. The van der Waals surface area contributed by atoms with Gasteiger partial charge in [-0.25, -0.2) is 0 Å². The molecule has 1 unspecified atom stereocenters. The van der Waals surface area contributed by atoms with Crippen molar-refractivity contribution < 1.29 is 9.47 Å². The highest BCUT2D eigenvalue weighted by Crippen LogP contribution is 2.19. The Balaban J connectivity index is 1.93. The molecule has 0 spiro atoms. The predicted octanol–water partition coefficient (Wildman–Crippen LogP) is 1.80. The van der Waals surface area contributed by atoms with Crippen molar-refractivity contribution in [1.82, 2.24) is 4.90 Å². The molecule has 4 heteroatoms. The second-order valence-corrected chi connectivity index (χ2v) is 5.36. The molecule has 0 radical (unpaired) electrons. The average Bonchev–Trinajstić information content (AvgIpc) is 2.37. The second kappa shape index (κ2) is 6.37. The molecule has 0 aromatic heterocycles. The number of nitrogens with zero attached hydrogens (tertiary/aromatic N) is 1. The third-order valence-electron chi connectivity index (χ3n) is 3.49. The van der Waals surface area contributed by atoms with Gasteiger partial charge in [-0.05, 0) is 31.5 Å². The Morgan fingerprint density at radius 2 is 1.84 bits per heavy atom. The van der Waals surface area contributed by atoms with E-state index >= 15 is 0 Å². The molecule has 1 aliphatic rings. The molecule has 1 aromatic carbocycles. The molecule has 0 amide bonds. The van der Waals surface area contributed by atoms with Crippen molar-refractivity contribution in [3.8, 4) is 5.75 Å². The fourth-order valence-corrected chi connectivity index (χ4v) is 2.67. The van der Waals surface area contributed by atoms with Crippen molar-refractivity contribution >= 4 is 0 Å². The standard InChI is InChI=1S/C15H24N2O2/c1-11-8-17(9-12(2)19-11)10-15(16)13-4-6-14(18-3)7-5-13/h4-7,11-12,15H,8-10,16H2,1-3H3/t11-,12+,15?. The summed E-state index contributed by atoms with van der Waals surface area (Å²) in [5.74, 6) is 0.865. The van der Waals surface area contributed by atoms with Gasteiger partial charge in [0, 0.05) is 25.7 Å². The van der Waals surface area contributed by atoms with Crippen LogP contribution in [0.25, 0.3) is 0 Å². The van der Waals surface area contributed by atoms with Crippen LogP contribution in [0.5, 0.6) is 5.75 Å². The summed E-state index contributed by atoms with van der Waals surface area (Å²) in [7, 11) is 1.67. The van der Waals surface area contributed by atoms with Gasteiger partial charge in [0.25, 0.3) is 0 Å². The lowest BCUT2D eigenvalue weighted by atomic mass is 10.1. The Kier molecular flexibility index (Phi) is 4.80. The van der Waals surface area contributed by atoms with E-state index in [4.69, 9.17) is 15.2 Å². The van der Waals surface area contributed by atoms with Gasteiger partial charge in [-0.1, -0.05) is 12.1 Å². The van der Waals surface area contributed by atoms with Crippen LogP contribution in [0.1, 0.15) is 25.5 Å². The number of nitrogens with two attached hydrogens (primary N) is 1. The lowest BCUT2D eigenvalue weighted by Gasteiger charge is -2.36. The first-order valence-electron chi connectivity index (χ1n) is 6.86. The molecule has 2 N–H and O–H groups in total. The van der Waals surface area contributed by atoms with Gasteiger partial charge >= 0.3 is 0 Å². The molecule has 0 aliphatic carbocycles.